The first-order valence-electron chi connectivity index (χ1n) is 6.51. The Labute approximate surface area is 123 Å². The van der Waals surface area contributed by atoms with Crippen LogP contribution in [-0.4, -0.2) is 11.8 Å². The van der Waals surface area contributed by atoms with Crippen molar-refractivity contribution in [3.63, 3.8) is 0 Å². The van der Waals surface area contributed by atoms with Crippen molar-refractivity contribution in [1.29, 1.82) is 0 Å². The van der Waals surface area contributed by atoms with Gasteiger partial charge in [-0.3, -0.25) is 9.59 Å². The van der Waals surface area contributed by atoms with E-state index in [0.717, 1.165) is 5.56 Å². The summed E-state index contributed by atoms with van der Waals surface area (Å²) in [5.41, 5.74) is 8.85. The average Bonchev–Trinajstić information content (AvgIpc) is 2.41. The molecule has 0 bridgehead atoms. The molecule has 2 rings (SSSR count). The molecule has 0 aromatic heterocycles. The number of carbonyl (C=O) groups is 2. The maximum atomic E-state index is 12.2. The third-order valence-corrected chi connectivity index (χ3v) is 2.89. The van der Waals surface area contributed by atoms with Crippen LogP contribution in [0.25, 0.3) is 0 Å². The minimum Gasteiger partial charge on any atom is -0.398 e. The van der Waals surface area contributed by atoms with E-state index in [4.69, 9.17) is 5.73 Å². The summed E-state index contributed by atoms with van der Waals surface area (Å²) in [6.45, 7) is 3.33. The molecular formula is C16H17N3O2. The predicted octanol–water partition coefficient (Wildman–Crippen LogP) is 2.79. The van der Waals surface area contributed by atoms with E-state index < -0.39 is 0 Å². The maximum absolute atomic E-state index is 12.2. The van der Waals surface area contributed by atoms with Crippen LogP contribution in [0.5, 0.6) is 0 Å². The second kappa shape index (κ2) is 6.09. The van der Waals surface area contributed by atoms with Crippen molar-refractivity contribution in [3.8, 4) is 0 Å². The molecule has 0 aliphatic carbocycles. The monoisotopic (exact) mass is 283 g/mol. The van der Waals surface area contributed by atoms with Gasteiger partial charge in [-0.1, -0.05) is 17.7 Å². The Morgan fingerprint density at radius 2 is 1.67 bits per heavy atom. The number of nitrogen functional groups attached to an aromatic ring is 1. The molecule has 0 unspecified atom stereocenters. The van der Waals surface area contributed by atoms with Crippen molar-refractivity contribution < 1.29 is 9.59 Å². The number of anilines is 3. The molecule has 2 amide bonds. The zero-order valence-corrected chi connectivity index (χ0v) is 11.9. The summed E-state index contributed by atoms with van der Waals surface area (Å²) >= 11 is 0. The standard InChI is InChI=1S/C16H17N3O2/c1-10-6-7-15(17)14(8-10)16(21)19-13-5-3-4-12(9-13)18-11(2)20/h3-9H,17H2,1-2H3,(H,18,20)(H,19,21). The summed E-state index contributed by atoms with van der Waals surface area (Å²) in [7, 11) is 0. The molecule has 21 heavy (non-hydrogen) atoms. The van der Waals surface area contributed by atoms with Crippen molar-refractivity contribution in [3.05, 3.63) is 53.6 Å². The normalized spacial score (nSPS) is 10.0. The molecule has 2 aromatic rings. The van der Waals surface area contributed by atoms with Gasteiger partial charge in [-0.2, -0.15) is 0 Å². The zero-order chi connectivity index (χ0) is 15.4. The number of benzene rings is 2. The summed E-state index contributed by atoms with van der Waals surface area (Å²) in [4.78, 5) is 23.3. The van der Waals surface area contributed by atoms with Gasteiger partial charge < -0.3 is 16.4 Å². The van der Waals surface area contributed by atoms with Crippen molar-refractivity contribution in [2.24, 2.45) is 0 Å². The number of hydrogen-bond acceptors (Lipinski definition) is 3. The number of aryl methyl sites for hydroxylation is 1. The Hall–Kier alpha value is -2.82. The van der Waals surface area contributed by atoms with Gasteiger partial charge in [0.2, 0.25) is 5.91 Å². The number of amides is 2. The highest BCUT2D eigenvalue weighted by Crippen LogP contribution is 2.19. The van der Waals surface area contributed by atoms with Gasteiger partial charge >= 0.3 is 0 Å². The summed E-state index contributed by atoms with van der Waals surface area (Å²) < 4.78 is 0. The van der Waals surface area contributed by atoms with Gasteiger partial charge in [0.25, 0.3) is 5.91 Å². The first-order chi connectivity index (χ1) is 9.95. The van der Waals surface area contributed by atoms with Crippen LogP contribution in [0.15, 0.2) is 42.5 Å². The molecular weight excluding hydrogens is 266 g/mol. The Kier molecular flexibility index (Phi) is 4.23. The van der Waals surface area contributed by atoms with E-state index in [0.29, 0.717) is 22.6 Å². The van der Waals surface area contributed by atoms with Crippen molar-refractivity contribution in [2.45, 2.75) is 13.8 Å². The van der Waals surface area contributed by atoms with Crippen LogP contribution in [0.4, 0.5) is 17.1 Å². The second-order valence-electron chi connectivity index (χ2n) is 4.81. The summed E-state index contributed by atoms with van der Waals surface area (Å²) in [6, 6.07) is 12.2. The van der Waals surface area contributed by atoms with Crippen LogP contribution in [0.2, 0.25) is 0 Å². The summed E-state index contributed by atoms with van der Waals surface area (Å²) in [6.07, 6.45) is 0. The van der Waals surface area contributed by atoms with E-state index in [9.17, 15) is 9.59 Å². The summed E-state index contributed by atoms with van der Waals surface area (Å²) in [5, 5.41) is 5.43. The highest BCUT2D eigenvalue weighted by molar-refractivity contribution is 6.08. The first kappa shape index (κ1) is 14.6. The number of rotatable bonds is 3. The molecule has 108 valence electrons. The molecule has 5 nitrogen and oxygen atoms in total. The molecule has 2 aromatic carbocycles. The van der Waals surface area contributed by atoms with Crippen molar-refractivity contribution in [1.82, 2.24) is 0 Å². The van der Waals surface area contributed by atoms with Crippen LogP contribution in [0.1, 0.15) is 22.8 Å². The van der Waals surface area contributed by atoms with Crippen molar-refractivity contribution >= 4 is 28.9 Å². The summed E-state index contributed by atoms with van der Waals surface area (Å²) in [5.74, 6) is -0.447. The lowest BCUT2D eigenvalue weighted by molar-refractivity contribution is -0.114. The SMILES string of the molecule is CC(=O)Nc1cccc(NC(=O)c2cc(C)ccc2N)c1. The van der Waals surface area contributed by atoms with E-state index in [-0.39, 0.29) is 11.8 Å². The van der Waals surface area contributed by atoms with Crippen LogP contribution >= 0.6 is 0 Å². The van der Waals surface area contributed by atoms with Gasteiger partial charge in [0.05, 0.1) is 5.56 Å². The van der Waals surface area contributed by atoms with Gasteiger partial charge in [0.1, 0.15) is 0 Å². The third-order valence-electron chi connectivity index (χ3n) is 2.89. The van der Waals surface area contributed by atoms with E-state index in [1.54, 1.807) is 36.4 Å². The van der Waals surface area contributed by atoms with E-state index in [1.807, 2.05) is 13.0 Å². The topological polar surface area (TPSA) is 84.2 Å². The third kappa shape index (κ3) is 3.82. The first-order valence-corrected chi connectivity index (χ1v) is 6.51. The minimum absolute atomic E-state index is 0.165. The molecule has 0 aliphatic rings. The Morgan fingerprint density at radius 1 is 1.00 bits per heavy atom. The average molecular weight is 283 g/mol. The molecule has 4 N–H and O–H groups in total. The fourth-order valence-corrected chi connectivity index (χ4v) is 1.94. The zero-order valence-electron chi connectivity index (χ0n) is 11.9. The molecule has 0 spiro atoms. The quantitative estimate of drug-likeness (QED) is 0.757. The molecule has 0 radical (unpaired) electrons. The molecule has 0 heterocycles. The molecule has 5 heteroatoms. The molecule has 0 aliphatic heterocycles. The van der Waals surface area contributed by atoms with Crippen LogP contribution in [0.3, 0.4) is 0 Å². The molecule has 0 saturated carbocycles. The highest BCUT2D eigenvalue weighted by atomic mass is 16.2. The van der Waals surface area contributed by atoms with E-state index in [2.05, 4.69) is 10.6 Å². The van der Waals surface area contributed by atoms with Crippen molar-refractivity contribution in [2.75, 3.05) is 16.4 Å². The largest absolute Gasteiger partial charge is 0.398 e. The van der Waals surface area contributed by atoms with Crippen LogP contribution in [0, 0.1) is 6.92 Å². The lowest BCUT2D eigenvalue weighted by Gasteiger charge is -2.10. The fraction of sp³-hybridized carbons (Fsp3) is 0.125. The molecule has 0 atom stereocenters. The second-order valence-corrected chi connectivity index (χ2v) is 4.81. The lowest BCUT2D eigenvalue weighted by atomic mass is 10.1. The van der Waals surface area contributed by atoms with E-state index in [1.165, 1.54) is 6.92 Å². The van der Waals surface area contributed by atoms with Gasteiger partial charge in [-0.25, -0.2) is 0 Å². The predicted molar refractivity (Wildman–Crippen MR) is 84.3 cm³/mol. The number of carbonyl (C=O) groups excluding carboxylic acids is 2. The fourth-order valence-electron chi connectivity index (χ4n) is 1.94. The maximum Gasteiger partial charge on any atom is 0.257 e. The van der Waals surface area contributed by atoms with Gasteiger partial charge in [-0.05, 0) is 37.3 Å². The number of nitrogens with two attached hydrogens (primary N) is 1. The van der Waals surface area contributed by atoms with Gasteiger partial charge in [0.15, 0.2) is 0 Å². The Balaban J connectivity index is 2.19. The lowest BCUT2D eigenvalue weighted by Crippen LogP contribution is -2.14. The Morgan fingerprint density at radius 3 is 2.33 bits per heavy atom. The Bertz CT molecular complexity index is 696. The smallest absolute Gasteiger partial charge is 0.257 e. The highest BCUT2D eigenvalue weighted by Gasteiger charge is 2.10. The minimum atomic E-state index is -0.281. The van der Waals surface area contributed by atoms with Crippen LogP contribution < -0.4 is 16.4 Å². The van der Waals surface area contributed by atoms with E-state index >= 15 is 0 Å². The number of hydrogen-bond donors (Lipinski definition) is 3. The van der Waals surface area contributed by atoms with Gasteiger partial charge in [-0.15, -0.1) is 0 Å². The molecule has 0 saturated heterocycles. The molecule has 0 fully saturated rings. The number of nitrogens with one attached hydrogen (secondary N) is 2. The van der Waals surface area contributed by atoms with Crippen LogP contribution in [-0.2, 0) is 4.79 Å². The van der Waals surface area contributed by atoms with Gasteiger partial charge in [0, 0.05) is 24.0 Å².